The van der Waals surface area contributed by atoms with Crippen LogP contribution in [-0.4, -0.2) is 31.5 Å². The first-order chi connectivity index (χ1) is 12.4. The molecule has 26 heavy (non-hydrogen) atoms. The lowest BCUT2D eigenvalue weighted by molar-refractivity contribution is -0.119. The molecule has 0 aliphatic heterocycles. The van der Waals surface area contributed by atoms with Crippen molar-refractivity contribution < 1.29 is 23.9 Å². The summed E-state index contributed by atoms with van der Waals surface area (Å²) in [4.78, 5) is 35.2. The predicted molar refractivity (Wildman–Crippen MR) is 97.4 cm³/mol. The van der Waals surface area contributed by atoms with Gasteiger partial charge in [-0.1, -0.05) is 12.1 Å². The molecular weight excluding hydrogens is 336 g/mol. The van der Waals surface area contributed by atoms with Crippen LogP contribution in [-0.2, 0) is 14.3 Å². The summed E-state index contributed by atoms with van der Waals surface area (Å²) in [5.74, 6) is -0.885. The van der Waals surface area contributed by atoms with Gasteiger partial charge in [0.1, 0.15) is 5.75 Å². The Bertz CT molecular complexity index is 832. The second-order valence-corrected chi connectivity index (χ2v) is 5.59. The van der Waals surface area contributed by atoms with Gasteiger partial charge in [0, 0.05) is 12.6 Å². The van der Waals surface area contributed by atoms with Gasteiger partial charge in [0.15, 0.2) is 6.61 Å². The Labute approximate surface area is 151 Å². The minimum atomic E-state index is -0.663. The molecule has 0 unspecified atom stereocenters. The minimum absolute atomic E-state index is 0.234. The monoisotopic (exact) mass is 356 g/mol. The number of hydrogen-bond acceptors (Lipinski definition) is 5. The van der Waals surface area contributed by atoms with Gasteiger partial charge in [0.25, 0.3) is 5.91 Å². The number of anilines is 2. The maximum atomic E-state index is 12.1. The van der Waals surface area contributed by atoms with Crippen molar-refractivity contribution in [3.05, 3.63) is 53.6 Å². The molecule has 0 bridgehead atoms. The first kappa shape index (κ1) is 19.0. The van der Waals surface area contributed by atoms with E-state index < -0.39 is 18.5 Å². The predicted octanol–water partition coefficient (Wildman–Crippen LogP) is 2.76. The Morgan fingerprint density at radius 1 is 1.04 bits per heavy atom. The van der Waals surface area contributed by atoms with Crippen molar-refractivity contribution in [3.8, 4) is 5.75 Å². The van der Waals surface area contributed by atoms with Crippen LogP contribution in [0.4, 0.5) is 11.4 Å². The molecule has 0 fully saturated rings. The van der Waals surface area contributed by atoms with Gasteiger partial charge in [-0.3, -0.25) is 9.59 Å². The quantitative estimate of drug-likeness (QED) is 0.776. The number of rotatable bonds is 6. The second-order valence-electron chi connectivity index (χ2n) is 5.59. The molecule has 2 rings (SSSR count). The highest BCUT2D eigenvalue weighted by atomic mass is 16.5. The smallest absolute Gasteiger partial charge is 0.338 e. The van der Waals surface area contributed by atoms with Crippen molar-refractivity contribution >= 4 is 29.2 Å². The topological polar surface area (TPSA) is 93.7 Å². The first-order valence-electron chi connectivity index (χ1n) is 7.88. The van der Waals surface area contributed by atoms with Crippen LogP contribution in [0.15, 0.2) is 42.5 Å². The molecule has 0 aliphatic rings. The molecule has 7 heteroatoms. The Kier molecular flexibility index (Phi) is 6.32. The van der Waals surface area contributed by atoms with Crippen LogP contribution in [0.2, 0.25) is 0 Å². The average Bonchev–Trinajstić information content (AvgIpc) is 2.59. The standard InChI is InChI=1S/C19H20N2O5/c1-12-7-8-17(25-3)16(9-12)21-18(23)11-26-19(24)14-5-4-6-15(10-14)20-13(2)22/h4-10H,11H2,1-3H3,(H,20,22)(H,21,23). The summed E-state index contributed by atoms with van der Waals surface area (Å²) >= 11 is 0. The normalized spacial score (nSPS) is 9.96. The highest BCUT2D eigenvalue weighted by Gasteiger charge is 2.13. The first-order valence-corrected chi connectivity index (χ1v) is 7.88. The number of nitrogens with one attached hydrogen (secondary N) is 2. The summed E-state index contributed by atoms with van der Waals surface area (Å²) < 4.78 is 10.2. The van der Waals surface area contributed by atoms with E-state index in [0.29, 0.717) is 17.1 Å². The zero-order valence-electron chi connectivity index (χ0n) is 14.8. The number of methoxy groups -OCH3 is 1. The molecule has 0 aromatic heterocycles. The fraction of sp³-hybridized carbons (Fsp3) is 0.211. The van der Waals surface area contributed by atoms with E-state index in [2.05, 4.69) is 10.6 Å². The molecule has 0 aliphatic carbocycles. The van der Waals surface area contributed by atoms with E-state index in [1.54, 1.807) is 24.3 Å². The molecule has 0 saturated heterocycles. The van der Waals surface area contributed by atoms with Crippen LogP contribution >= 0.6 is 0 Å². The lowest BCUT2D eigenvalue weighted by atomic mass is 10.2. The number of hydrogen-bond donors (Lipinski definition) is 2. The molecule has 0 atom stereocenters. The van der Waals surface area contributed by atoms with Crippen molar-refractivity contribution in [2.75, 3.05) is 24.4 Å². The molecule has 0 radical (unpaired) electrons. The van der Waals surface area contributed by atoms with Gasteiger partial charge in [-0.15, -0.1) is 0 Å². The van der Waals surface area contributed by atoms with Gasteiger partial charge in [-0.05, 0) is 42.8 Å². The van der Waals surface area contributed by atoms with Crippen molar-refractivity contribution in [2.24, 2.45) is 0 Å². The van der Waals surface area contributed by atoms with Gasteiger partial charge >= 0.3 is 5.97 Å². The van der Waals surface area contributed by atoms with Crippen LogP contribution in [0, 0.1) is 6.92 Å². The van der Waals surface area contributed by atoms with E-state index in [4.69, 9.17) is 9.47 Å². The lowest BCUT2D eigenvalue weighted by Crippen LogP contribution is -2.21. The molecule has 136 valence electrons. The molecule has 2 N–H and O–H groups in total. The SMILES string of the molecule is COc1ccc(C)cc1NC(=O)COC(=O)c1cccc(NC(C)=O)c1. The van der Waals surface area contributed by atoms with Crippen LogP contribution in [0.3, 0.4) is 0 Å². The van der Waals surface area contributed by atoms with E-state index in [0.717, 1.165) is 5.56 Å². The Balaban J connectivity index is 1.96. The second kappa shape index (κ2) is 8.66. The number of ether oxygens (including phenoxy) is 2. The number of carbonyl (C=O) groups is 3. The third-order valence-corrected chi connectivity index (χ3v) is 3.38. The van der Waals surface area contributed by atoms with Gasteiger partial charge in [0.05, 0.1) is 18.4 Å². The zero-order chi connectivity index (χ0) is 19.1. The molecule has 2 aromatic carbocycles. The van der Waals surface area contributed by atoms with E-state index in [1.165, 1.54) is 26.2 Å². The van der Waals surface area contributed by atoms with Gasteiger partial charge in [-0.25, -0.2) is 4.79 Å². The van der Waals surface area contributed by atoms with Crippen molar-refractivity contribution in [1.82, 2.24) is 0 Å². The summed E-state index contributed by atoms with van der Waals surface area (Å²) in [5.41, 5.74) is 2.16. The molecule has 2 amide bonds. The molecule has 0 heterocycles. The van der Waals surface area contributed by atoms with Crippen molar-refractivity contribution in [1.29, 1.82) is 0 Å². The number of carbonyl (C=O) groups excluding carboxylic acids is 3. The van der Waals surface area contributed by atoms with Crippen molar-refractivity contribution in [3.63, 3.8) is 0 Å². The third-order valence-electron chi connectivity index (χ3n) is 3.38. The minimum Gasteiger partial charge on any atom is -0.495 e. The fourth-order valence-corrected chi connectivity index (χ4v) is 2.25. The maximum Gasteiger partial charge on any atom is 0.338 e. The molecule has 0 saturated carbocycles. The molecule has 0 spiro atoms. The summed E-state index contributed by atoms with van der Waals surface area (Å²) in [6.07, 6.45) is 0. The highest BCUT2D eigenvalue weighted by Crippen LogP contribution is 2.25. The fourth-order valence-electron chi connectivity index (χ4n) is 2.25. The zero-order valence-corrected chi connectivity index (χ0v) is 14.8. The van der Waals surface area contributed by atoms with Crippen molar-refractivity contribution in [2.45, 2.75) is 13.8 Å². The number of amides is 2. The average molecular weight is 356 g/mol. The van der Waals surface area contributed by atoms with E-state index >= 15 is 0 Å². The maximum absolute atomic E-state index is 12.1. The van der Waals surface area contributed by atoms with Crippen LogP contribution in [0.25, 0.3) is 0 Å². The van der Waals surface area contributed by atoms with Gasteiger partial charge in [-0.2, -0.15) is 0 Å². The summed E-state index contributed by atoms with van der Waals surface area (Å²) in [6, 6.07) is 11.6. The largest absolute Gasteiger partial charge is 0.495 e. The molecular formula is C19H20N2O5. The van der Waals surface area contributed by atoms with Crippen LogP contribution in [0.5, 0.6) is 5.75 Å². The Morgan fingerprint density at radius 3 is 2.50 bits per heavy atom. The van der Waals surface area contributed by atoms with Gasteiger partial charge in [0.2, 0.25) is 5.91 Å². The summed E-state index contributed by atoms with van der Waals surface area (Å²) in [7, 11) is 1.50. The van der Waals surface area contributed by atoms with Crippen LogP contribution < -0.4 is 15.4 Å². The molecule has 2 aromatic rings. The highest BCUT2D eigenvalue weighted by molar-refractivity contribution is 5.97. The van der Waals surface area contributed by atoms with E-state index in [-0.39, 0.29) is 11.5 Å². The third kappa shape index (κ3) is 5.34. The van der Waals surface area contributed by atoms with Gasteiger partial charge < -0.3 is 20.1 Å². The summed E-state index contributed by atoms with van der Waals surface area (Å²) in [5, 5.41) is 5.22. The number of esters is 1. The molecule has 7 nitrogen and oxygen atoms in total. The van der Waals surface area contributed by atoms with Crippen LogP contribution in [0.1, 0.15) is 22.8 Å². The number of aryl methyl sites for hydroxylation is 1. The Hall–Kier alpha value is -3.35. The van der Waals surface area contributed by atoms with E-state index in [1.807, 2.05) is 13.0 Å². The number of benzene rings is 2. The lowest BCUT2D eigenvalue weighted by Gasteiger charge is -2.11. The van der Waals surface area contributed by atoms with E-state index in [9.17, 15) is 14.4 Å². The Morgan fingerprint density at radius 2 is 1.81 bits per heavy atom. The summed E-state index contributed by atoms with van der Waals surface area (Å²) in [6.45, 7) is 2.81.